The largest absolute Gasteiger partial charge is 0.411 e. The van der Waals surface area contributed by atoms with Crippen molar-refractivity contribution >= 4 is 17.7 Å². The normalized spacial score (nSPS) is 11.7. The zero-order valence-electron chi connectivity index (χ0n) is 10.6. The van der Waals surface area contributed by atoms with E-state index in [0.717, 1.165) is 0 Å². The van der Waals surface area contributed by atoms with Crippen LogP contribution in [0.15, 0.2) is 29.2 Å². The number of alkyl halides is 5. The lowest BCUT2D eigenvalue weighted by atomic mass is 10.2. The Balaban J connectivity index is 2.32. The maximum absolute atomic E-state index is 12.1. The lowest BCUT2D eigenvalue weighted by molar-refractivity contribution is -0.173. The molecule has 0 aliphatic carbocycles. The van der Waals surface area contributed by atoms with Crippen LogP contribution in [0.2, 0.25) is 0 Å². The van der Waals surface area contributed by atoms with Gasteiger partial charge in [0.1, 0.15) is 6.61 Å². The van der Waals surface area contributed by atoms with Crippen molar-refractivity contribution < 1.29 is 31.5 Å². The summed E-state index contributed by atoms with van der Waals surface area (Å²) in [5.74, 6) is -3.06. The summed E-state index contributed by atoms with van der Waals surface area (Å²) in [4.78, 5) is 11.9. The maximum atomic E-state index is 12.1. The average Bonchev–Trinajstić information content (AvgIpc) is 2.37. The molecule has 0 saturated carbocycles. The number of amides is 1. The van der Waals surface area contributed by atoms with Crippen LogP contribution in [0.1, 0.15) is 10.4 Å². The van der Waals surface area contributed by atoms with E-state index >= 15 is 0 Å². The highest BCUT2D eigenvalue weighted by atomic mass is 32.2. The van der Waals surface area contributed by atoms with Crippen LogP contribution in [0.4, 0.5) is 22.0 Å². The zero-order chi connectivity index (χ0) is 15.9. The highest BCUT2D eigenvalue weighted by molar-refractivity contribution is 7.99. The number of carbonyl (C=O) groups is 1. The number of ether oxygens (including phenoxy) is 1. The molecule has 0 bridgehead atoms. The van der Waals surface area contributed by atoms with Gasteiger partial charge in [0, 0.05) is 17.0 Å². The van der Waals surface area contributed by atoms with E-state index in [1.807, 2.05) is 0 Å². The third-order valence-electron chi connectivity index (χ3n) is 2.14. The van der Waals surface area contributed by atoms with Gasteiger partial charge in [-0.2, -0.15) is 22.0 Å². The Kier molecular flexibility index (Phi) is 6.90. The second-order valence-corrected chi connectivity index (χ2v) is 4.89. The molecule has 3 nitrogen and oxygen atoms in total. The van der Waals surface area contributed by atoms with E-state index in [0.29, 0.717) is 16.7 Å². The van der Waals surface area contributed by atoms with Crippen molar-refractivity contribution in [3.8, 4) is 0 Å². The maximum Gasteiger partial charge on any atom is 0.411 e. The summed E-state index contributed by atoms with van der Waals surface area (Å²) >= 11 is 0.354. The predicted molar refractivity (Wildman–Crippen MR) is 67.5 cm³/mol. The number of carbonyl (C=O) groups excluding carboxylic acids is 1. The second-order valence-electron chi connectivity index (χ2n) is 3.83. The number of nitrogens with one attached hydrogen (secondary N) is 1. The second kappa shape index (κ2) is 8.18. The van der Waals surface area contributed by atoms with Crippen LogP contribution in [0, 0.1) is 0 Å². The molecule has 118 valence electrons. The summed E-state index contributed by atoms with van der Waals surface area (Å²) in [6, 6.07) is 5.45. The van der Waals surface area contributed by atoms with E-state index in [-0.39, 0.29) is 18.7 Å². The lowest BCUT2D eigenvalue weighted by Crippen LogP contribution is -2.28. The Morgan fingerprint density at radius 3 is 2.38 bits per heavy atom. The third-order valence-corrected chi connectivity index (χ3v) is 2.86. The van der Waals surface area contributed by atoms with E-state index in [1.165, 1.54) is 24.3 Å². The first-order chi connectivity index (χ1) is 9.78. The number of thioether (sulfide) groups is 1. The van der Waals surface area contributed by atoms with E-state index < -0.39 is 24.4 Å². The molecule has 21 heavy (non-hydrogen) atoms. The van der Waals surface area contributed by atoms with Crippen molar-refractivity contribution in [1.29, 1.82) is 0 Å². The Morgan fingerprint density at radius 2 is 1.86 bits per heavy atom. The van der Waals surface area contributed by atoms with Crippen LogP contribution in [-0.2, 0) is 4.74 Å². The van der Waals surface area contributed by atoms with Gasteiger partial charge >= 0.3 is 6.18 Å². The van der Waals surface area contributed by atoms with Gasteiger partial charge in [-0.25, -0.2) is 0 Å². The average molecular weight is 329 g/mol. The van der Waals surface area contributed by atoms with E-state index in [9.17, 15) is 26.7 Å². The molecule has 0 radical (unpaired) electrons. The summed E-state index contributed by atoms with van der Waals surface area (Å²) in [7, 11) is 0. The highest BCUT2D eigenvalue weighted by Gasteiger charge is 2.27. The SMILES string of the molecule is O=C(NCCOCC(F)(F)F)c1ccc(SC(F)F)cc1. The van der Waals surface area contributed by atoms with Crippen molar-refractivity contribution in [2.75, 3.05) is 19.8 Å². The summed E-state index contributed by atoms with van der Waals surface area (Å²) in [6.07, 6.45) is -4.40. The summed E-state index contributed by atoms with van der Waals surface area (Å²) < 4.78 is 63.8. The first-order valence-electron chi connectivity index (χ1n) is 5.75. The van der Waals surface area contributed by atoms with Gasteiger partial charge in [-0.3, -0.25) is 4.79 Å². The standard InChI is InChI=1S/C12H12F5NO2S/c13-11(14)21-9-3-1-8(2-4-9)10(19)18-5-6-20-7-12(15,16)17/h1-4,11H,5-7H2,(H,18,19). The molecule has 0 unspecified atom stereocenters. The smallest absolute Gasteiger partial charge is 0.370 e. The number of hydrogen-bond acceptors (Lipinski definition) is 3. The van der Waals surface area contributed by atoms with Gasteiger partial charge in [-0.15, -0.1) is 0 Å². The van der Waals surface area contributed by atoms with Crippen LogP contribution in [0.5, 0.6) is 0 Å². The molecule has 0 fully saturated rings. The fraction of sp³-hybridized carbons (Fsp3) is 0.417. The van der Waals surface area contributed by atoms with Crippen LogP contribution in [-0.4, -0.2) is 37.6 Å². The quantitative estimate of drug-likeness (QED) is 0.474. The van der Waals surface area contributed by atoms with Crippen LogP contribution < -0.4 is 5.32 Å². The van der Waals surface area contributed by atoms with Gasteiger partial charge in [0.25, 0.3) is 11.7 Å². The first-order valence-corrected chi connectivity index (χ1v) is 6.63. The van der Waals surface area contributed by atoms with Crippen LogP contribution in [0.25, 0.3) is 0 Å². The van der Waals surface area contributed by atoms with Crippen molar-refractivity contribution in [3.05, 3.63) is 29.8 Å². The van der Waals surface area contributed by atoms with Gasteiger partial charge in [0.05, 0.1) is 6.61 Å². The molecule has 0 aromatic heterocycles. The molecular formula is C12H12F5NO2S. The fourth-order valence-corrected chi connectivity index (χ4v) is 1.81. The summed E-state index contributed by atoms with van der Waals surface area (Å²) in [5, 5.41) is 2.36. The minimum Gasteiger partial charge on any atom is -0.370 e. The van der Waals surface area contributed by atoms with Gasteiger partial charge in [-0.1, -0.05) is 11.8 Å². The first kappa shape index (κ1) is 17.7. The Hall–Kier alpha value is -1.35. The Bertz CT molecular complexity index is 450. The van der Waals surface area contributed by atoms with Gasteiger partial charge in [0.15, 0.2) is 0 Å². The van der Waals surface area contributed by atoms with Gasteiger partial charge in [-0.05, 0) is 24.3 Å². The zero-order valence-corrected chi connectivity index (χ0v) is 11.4. The van der Waals surface area contributed by atoms with Crippen molar-refractivity contribution in [2.45, 2.75) is 16.8 Å². The summed E-state index contributed by atoms with van der Waals surface area (Å²) in [6.45, 7) is -1.73. The molecular weight excluding hydrogens is 317 g/mol. The number of hydrogen-bond donors (Lipinski definition) is 1. The fourth-order valence-electron chi connectivity index (χ4n) is 1.31. The lowest BCUT2D eigenvalue weighted by Gasteiger charge is -2.09. The van der Waals surface area contributed by atoms with Gasteiger partial charge in [0.2, 0.25) is 0 Å². The molecule has 9 heteroatoms. The topological polar surface area (TPSA) is 38.3 Å². The molecule has 0 atom stereocenters. The molecule has 0 aliphatic rings. The third kappa shape index (κ3) is 7.86. The van der Waals surface area contributed by atoms with Gasteiger partial charge < -0.3 is 10.1 Å². The molecule has 1 aromatic carbocycles. The molecule has 1 aromatic rings. The van der Waals surface area contributed by atoms with Crippen LogP contribution in [0.3, 0.4) is 0 Å². The molecule has 0 heterocycles. The summed E-state index contributed by atoms with van der Waals surface area (Å²) in [5.41, 5.74) is 0.226. The number of rotatable bonds is 7. The number of benzene rings is 1. The van der Waals surface area contributed by atoms with Crippen molar-refractivity contribution in [2.24, 2.45) is 0 Å². The van der Waals surface area contributed by atoms with E-state index in [1.54, 1.807) is 0 Å². The molecule has 1 rings (SSSR count). The Morgan fingerprint density at radius 1 is 1.24 bits per heavy atom. The van der Waals surface area contributed by atoms with Crippen LogP contribution >= 0.6 is 11.8 Å². The highest BCUT2D eigenvalue weighted by Crippen LogP contribution is 2.25. The molecule has 0 spiro atoms. The molecule has 1 amide bonds. The molecule has 0 saturated heterocycles. The molecule has 0 aliphatic heterocycles. The monoisotopic (exact) mass is 329 g/mol. The van der Waals surface area contributed by atoms with Crippen molar-refractivity contribution in [3.63, 3.8) is 0 Å². The Labute approximate surface area is 121 Å². The van der Waals surface area contributed by atoms with Crippen molar-refractivity contribution in [1.82, 2.24) is 5.32 Å². The minimum absolute atomic E-state index is 0.0809. The van der Waals surface area contributed by atoms with E-state index in [2.05, 4.69) is 10.1 Å². The predicted octanol–water partition coefficient (Wildman–Crippen LogP) is 3.31. The molecule has 1 N–H and O–H groups in total. The van der Waals surface area contributed by atoms with E-state index in [4.69, 9.17) is 0 Å². The minimum atomic E-state index is -4.40. The number of halogens is 5.